The number of methoxy groups -OCH3 is 2. The Hall–Kier alpha value is -3.69. The van der Waals surface area contributed by atoms with Gasteiger partial charge in [-0.15, -0.1) is 0 Å². The van der Waals surface area contributed by atoms with E-state index in [1.165, 1.54) is 0 Å². The Kier molecular flexibility index (Phi) is 7.25. The van der Waals surface area contributed by atoms with Crippen LogP contribution in [0.3, 0.4) is 0 Å². The van der Waals surface area contributed by atoms with Crippen LogP contribution in [-0.4, -0.2) is 44.4 Å². The molecule has 0 aliphatic heterocycles. The molecule has 4 aromatic rings. The average Bonchev–Trinajstić information content (AvgIpc) is 3.74. The fraction of sp³-hybridized carbons (Fsp3) is 0.286. The van der Waals surface area contributed by atoms with Gasteiger partial charge in [0.05, 0.1) is 25.5 Å². The van der Waals surface area contributed by atoms with E-state index in [1.54, 1.807) is 20.5 Å². The van der Waals surface area contributed by atoms with Crippen molar-refractivity contribution in [2.24, 2.45) is 0 Å². The second kappa shape index (κ2) is 10.7. The molecule has 0 radical (unpaired) electrons. The highest BCUT2D eigenvalue weighted by molar-refractivity contribution is 7.89. The van der Waals surface area contributed by atoms with Crippen molar-refractivity contribution in [3.63, 3.8) is 0 Å². The number of hydrogen-bond donors (Lipinski definition) is 2. The number of nitrogens with zero attached hydrogens (tertiary/aromatic N) is 2. The van der Waals surface area contributed by atoms with Gasteiger partial charge in [0.1, 0.15) is 23.6 Å². The first kappa shape index (κ1) is 25.0. The summed E-state index contributed by atoms with van der Waals surface area (Å²) in [6.07, 6.45) is 3.88. The van der Waals surface area contributed by atoms with Gasteiger partial charge in [0, 0.05) is 29.6 Å². The predicted octanol–water partition coefficient (Wildman–Crippen LogP) is 4.55. The number of fused-ring (bicyclic) bond motifs is 1. The lowest BCUT2D eigenvalue weighted by Gasteiger charge is -2.13. The van der Waals surface area contributed by atoms with Crippen molar-refractivity contribution in [2.75, 3.05) is 25.3 Å². The van der Waals surface area contributed by atoms with Crippen LogP contribution in [0.15, 0.2) is 67.0 Å². The summed E-state index contributed by atoms with van der Waals surface area (Å²) in [7, 11) is 0.00546. The first-order chi connectivity index (χ1) is 17.9. The molecule has 3 aromatic carbocycles. The van der Waals surface area contributed by atoms with Crippen molar-refractivity contribution in [2.45, 2.75) is 31.8 Å². The standard InChI is InChI=1S/C28H30N4O4S/c1-35-24-10-6-22(27(16-24)36-2)17-29-28-25-15-21(7-11-26(25)30-18-31-28)20-5-3-4-19(14-20)12-13-37(33,34)32-23-8-9-23/h3-7,10-11,14-16,18,23,32H,8-9,12-13,17H2,1-2H3,(H,29,30,31). The molecular weight excluding hydrogens is 488 g/mol. The van der Waals surface area contributed by atoms with E-state index in [1.807, 2.05) is 54.6 Å². The molecule has 0 amide bonds. The second-order valence-electron chi connectivity index (χ2n) is 9.15. The van der Waals surface area contributed by atoms with Gasteiger partial charge in [0.2, 0.25) is 10.0 Å². The normalized spacial score (nSPS) is 13.5. The molecule has 0 unspecified atom stereocenters. The van der Waals surface area contributed by atoms with E-state index in [-0.39, 0.29) is 11.8 Å². The number of hydrogen-bond acceptors (Lipinski definition) is 7. The number of sulfonamides is 1. The topological polar surface area (TPSA) is 102 Å². The summed E-state index contributed by atoms with van der Waals surface area (Å²) in [5.74, 6) is 2.27. The second-order valence-corrected chi connectivity index (χ2v) is 11.0. The van der Waals surface area contributed by atoms with Crippen molar-refractivity contribution in [1.29, 1.82) is 0 Å². The highest BCUT2D eigenvalue weighted by atomic mass is 32.2. The summed E-state index contributed by atoms with van der Waals surface area (Å²) < 4.78 is 38.1. The van der Waals surface area contributed by atoms with Crippen LogP contribution in [0.2, 0.25) is 0 Å². The van der Waals surface area contributed by atoms with E-state index >= 15 is 0 Å². The molecule has 9 heteroatoms. The van der Waals surface area contributed by atoms with Gasteiger partial charge in [0.25, 0.3) is 0 Å². The number of aromatic nitrogens is 2. The summed E-state index contributed by atoms with van der Waals surface area (Å²) >= 11 is 0. The molecule has 8 nitrogen and oxygen atoms in total. The molecule has 1 fully saturated rings. The molecule has 0 spiro atoms. The molecule has 2 N–H and O–H groups in total. The maximum atomic E-state index is 12.3. The zero-order chi connectivity index (χ0) is 25.8. The van der Waals surface area contributed by atoms with Crippen LogP contribution >= 0.6 is 0 Å². The SMILES string of the molecule is COc1ccc(CNc2ncnc3ccc(-c4cccc(CCS(=O)(=O)NC5CC5)c4)cc23)c(OC)c1. The van der Waals surface area contributed by atoms with Gasteiger partial charge >= 0.3 is 0 Å². The highest BCUT2D eigenvalue weighted by Crippen LogP contribution is 2.29. The maximum absolute atomic E-state index is 12.3. The van der Waals surface area contributed by atoms with Gasteiger partial charge in [0.15, 0.2) is 0 Å². The lowest BCUT2D eigenvalue weighted by molar-refractivity contribution is 0.391. The summed E-state index contributed by atoms with van der Waals surface area (Å²) in [5, 5.41) is 4.32. The number of benzene rings is 3. The van der Waals surface area contributed by atoms with Gasteiger partial charge in [-0.3, -0.25) is 0 Å². The van der Waals surface area contributed by atoms with E-state index in [2.05, 4.69) is 26.1 Å². The average molecular weight is 519 g/mol. The largest absolute Gasteiger partial charge is 0.497 e. The van der Waals surface area contributed by atoms with Crippen LogP contribution in [0.4, 0.5) is 5.82 Å². The van der Waals surface area contributed by atoms with Gasteiger partial charge < -0.3 is 14.8 Å². The molecule has 1 aliphatic carbocycles. The molecule has 1 heterocycles. The van der Waals surface area contributed by atoms with Crippen molar-refractivity contribution in [3.05, 3.63) is 78.1 Å². The number of rotatable bonds is 11. The molecule has 1 aromatic heterocycles. The Morgan fingerprint density at radius 3 is 2.57 bits per heavy atom. The first-order valence-electron chi connectivity index (χ1n) is 12.2. The molecule has 0 atom stereocenters. The molecule has 5 rings (SSSR count). The summed E-state index contributed by atoms with van der Waals surface area (Å²) in [6.45, 7) is 0.516. The highest BCUT2D eigenvalue weighted by Gasteiger charge is 2.26. The third kappa shape index (κ3) is 6.18. The predicted molar refractivity (Wildman–Crippen MR) is 145 cm³/mol. The number of aryl methyl sites for hydroxylation is 1. The minimum absolute atomic E-state index is 0.0847. The van der Waals surface area contributed by atoms with Gasteiger partial charge in [-0.25, -0.2) is 23.1 Å². The smallest absolute Gasteiger partial charge is 0.212 e. The van der Waals surface area contributed by atoms with Crippen LogP contribution in [0.1, 0.15) is 24.0 Å². The zero-order valence-corrected chi connectivity index (χ0v) is 21.7. The van der Waals surface area contributed by atoms with E-state index < -0.39 is 10.0 Å². The van der Waals surface area contributed by atoms with Crippen LogP contribution < -0.4 is 19.5 Å². The Balaban J connectivity index is 1.36. The van der Waals surface area contributed by atoms with Crippen LogP contribution in [0, 0.1) is 0 Å². The molecule has 37 heavy (non-hydrogen) atoms. The van der Waals surface area contributed by atoms with Crippen molar-refractivity contribution >= 4 is 26.7 Å². The molecule has 1 aliphatic rings. The van der Waals surface area contributed by atoms with Crippen molar-refractivity contribution in [3.8, 4) is 22.6 Å². The Morgan fingerprint density at radius 1 is 0.946 bits per heavy atom. The minimum Gasteiger partial charge on any atom is -0.497 e. The van der Waals surface area contributed by atoms with Crippen molar-refractivity contribution < 1.29 is 17.9 Å². The van der Waals surface area contributed by atoms with Crippen molar-refractivity contribution in [1.82, 2.24) is 14.7 Å². The monoisotopic (exact) mass is 518 g/mol. The van der Waals surface area contributed by atoms with E-state index in [0.717, 1.165) is 63.3 Å². The summed E-state index contributed by atoms with van der Waals surface area (Å²) in [5.41, 5.74) is 4.81. The maximum Gasteiger partial charge on any atom is 0.212 e. The number of ether oxygens (including phenoxy) is 2. The first-order valence-corrected chi connectivity index (χ1v) is 13.9. The van der Waals surface area contributed by atoms with Gasteiger partial charge in [-0.05, 0) is 60.2 Å². The molecule has 0 bridgehead atoms. The number of nitrogens with one attached hydrogen (secondary N) is 2. The lowest BCUT2D eigenvalue weighted by atomic mass is 10.0. The Bertz CT molecular complexity index is 1520. The zero-order valence-electron chi connectivity index (χ0n) is 20.9. The lowest BCUT2D eigenvalue weighted by Crippen LogP contribution is -2.29. The van der Waals surface area contributed by atoms with Crippen LogP contribution in [-0.2, 0) is 23.0 Å². The van der Waals surface area contributed by atoms with Gasteiger partial charge in [-0.1, -0.05) is 30.3 Å². The molecular formula is C28H30N4O4S. The quantitative estimate of drug-likeness (QED) is 0.300. The van der Waals surface area contributed by atoms with E-state index in [0.29, 0.717) is 13.0 Å². The third-order valence-electron chi connectivity index (χ3n) is 6.42. The summed E-state index contributed by atoms with van der Waals surface area (Å²) in [6, 6.07) is 19.9. The van der Waals surface area contributed by atoms with Crippen LogP contribution in [0.5, 0.6) is 11.5 Å². The van der Waals surface area contributed by atoms with E-state index in [4.69, 9.17) is 9.47 Å². The fourth-order valence-corrected chi connectivity index (χ4v) is 5.59. The molecule has 1 saturated carbocycles. The third-order valence-corrected chi connectivity index (χ3v) is 7.85. The van der Waals surface area contributed by atoms with Crippen LogP contribution in [0.25, 0.3) is 22.0 Å². The molecule has 192 valence electrons. The Labute approximate surface area is 217 Å². The fourth-order valence-electron chi connectivity index (χ4n) is 4.23. The van der Waals surface area contributed by atoms with Gasteiger partial charge in [-0.2, -0.15) is 0 Å². The Morgan fingerprint density at radius 2 is 1.78 bits per heavy atom. The molecule has 0 saturated heterocycles. The number of anilines is 1. The minimum atomic E-state index is -3.26. The summed E-state index contributed by atoms with van der Waals surface area (Å²) in [4.78, 5) is 8.91. The van der Waals surface area contributed by atoms with E-state index in [9.17, 15) is 8.42 Å².